The van der Waals surface area contributed by atoms with Crippen LogP contribution in [0.2, 0.25) is 0 Å². The van der Waals surface area contributed by atoms with Gasteiger partial charge in [0.05, 0.1) is 12.5 Å². The minimum atomic E-state index is -0.846. The second kappa shape index (κ2) is 9.22. The van der Waals surface area contributed by atoms with Gasteiger partial charge in [-0.1, -0.05) is 37.3 Å². The number of hydrogen-bond acceptors (Lipinski definition) is 4. The molecule has 2 unspecified atom stereocenters. The number of carbonyl (C=O) groups is 3. The van der Waals surface area contributed by atoms with E-state index in [9.17, 15) is 14.4 Å². The number of ether oxygens (including phenoxy) is 1. The normalized spacial score (nSPS) is 17.2. The van der Waals surface area contributed by atoms with E-state index in [-0.39, 0.29) is 12.3 Å². The summed E-state index contributed by atoms with van der Waals surface area (Å²) in [6.07, 6.45) is 0.985. The van der Waals surface area contributed by atoms with Crippen molar-refractivity contribution in [3.05, 3.63) is 35.9 Å². The number of primary amides is 1. The molecule has 1 heterocycles. The third-order valence-electron chi connectivity index (χ3n) is 4.64. The molecule has 1 aromatic rings. The Morgan fingerprint density at radius 3 is 2.42 bits per heavy atom. The molecule has 0 bridgehead atoms. The Balaban J connectivity index is 1.92. The largest absolute Gasteiger partial charge is 0.452 e. The fourth-order valence-electron chi connectivity index (χ4n) is 3.06. The highest BCUT2D eigenvalue weighted by molar-refractivity contribution is 5.84. The van der Waals surface area contributed by atoms with Crippen molar-refractivity contribution in [1.82, 2.24) is 10.2 Å². The first-order valence-electron chi connectivity index (χ1n) is 8.96. The molecule has 3 amide bonds. The summed E-state index contributed by atoms with van der Waals surface area (Å²) < 4.78 is 5.30. The van der Waals surface area contributed by atoms with E-state index in [0.29, 0.717) is 19.0 Å². The van der Waals surface area contributed by atoms with Crippen LogP contribution in [0.3, 0.4) is 0 Å². The van der Waals surface area contributed by atoms with E-state index in [0.717, 1.165) is 18.4 Å². The monoisotopic (exact) mass is 361 g/mol. The van der Waals surface area contributed by atoms with E-state index in [1.165, 1.54) is 0 Å². The topological polar surface area (TPSA) is 102 Å². The number of hydrogen-bond donors (Lipinski definition) is 2. The predicted molar refractivity (Wildman–Crippen MR) is 97.1 cm³/mol. The zero-order valence-corrected chi connectivity index (χ0v) is 15.3. The molecule has 1 aliphatic heterocycles. The third-order valence-corrected chi connectivity index (χ3v) is 4.64. The fourth-order valence-corrected chi connectivity index (χ4v) is 3.06. The van der Waals surface area contributed by atoms with Crippen LogP contribution in [0.25, 0.3) is 0 Å². The van der Waals surface area contributed by atoms with Crippen LogP contribution in [0.1, 0.15) is 44.7 Å². The summed E-state index contributed by atoms with van der Waals surface area (Å²) >= 11 is 0. The maximum absolute atomic E-state index is 12.4. The van der Waals surface area contributed by atoms with Crippen molar-refractivity contribution in [2.24, 2.45) is 11.7 Å². The molecule has 1 fully saturated rings. The van der Waals surface area contributed by atoms with E-state index in [2.05, 4.69) is 12.2 Å². The molecule has 0 aromatic heterocycles. The Morgan fingerprint density at radius 1 is 1.23 bits per heavy atom. The second-order valence-corrected chi connectivity index (χ2v) is 6.82. The maximum atomic E-state index is 12.4. The number of amides is 3. The van der Waals surface area contributed by atoms with Crippen molar-refractivity contribution in [1.29, 1.82) is 0 Å². The van der Waals surface area contributed by atoms with E-state index in [1.807, 2.05) is 6.07 Å². The number of urea groups is 1. The van der Waals surface area contributed by atoms with Crippen molar-refractivity contribution >= 4 is 17.9 Å². The predicted octanol–water partition coefficient (Wildman–Crippen LogP) is 1.98. The van der Waals surface area contributed by atoms with Crippen molar-refractivity contribution in [2.75, 3.05) is 13.1 Å². The number of carbonyl (C=O) groups excluding carboxylic acids is 3. The smallest absolute Gasteiger partial charge is 0.312 e. The summed E-state index contributed by atoms with van der Waals surface area (Å²) in [5.74, 6) is -0.119. The Labute approximate surface area is 153 Å². The SMILES string of the molecule is CC1CCN(C(=O)C(C)OC(=O)CC(NC(N)=O)c2ccccc2)CC1. The number of piperidine rings is 1. The molecule has 0 radical (unpaired) electrons. The van der Waals surface area contributed by atoms with Gasteiger partial charge in [0.1, 0.15) is 0 Å². The maximum Gasteiger partial charge on any atom is 0.312 e. The lowest BCUT2D eigenvalue weighted by atomic mass is 9.99. The molecule has 142 valence electrons. The lowest BCUT2D eigenvalue weighted by Crippen LogP contribution is -2.44. The first-order chi connectivity index (χ1) is 12.4. The van der Waals surface area contributed by atoms with Crippen LogP contribution < -0.4 is 11.1 Å². The molecule has 0 saturated carbocycles. The summed E-state index contributed by atoms with van der Waals surface area (Å²) in [5.41, 5.74) is 5.94. The van der Waals surface area contributed by atoms with Crippen molar-refractivity contribution in [3.63, 3.8) is 0 Å². The molecule has 1 saturated heterocycles. The number of rotatable bonds is 6. The van der Waals surface area contributed by atoms with Crippen LogP contribution >= 0.6 is 0 Å². The molecule has 7 nitrogen and oxygen atoms in total. The Kier molecular flexibility index (Phi) is 7.00. The molecule has 0 aliphatic carbocycles. The van der Waals surface area contributed by atoms with Gasteiger partial charge in [-0.05, 0) is 31.2 Å². The lowest BCUT2D eigenvalue weighted by molar-refractivity contribution is -0.160. The van der Waals surface area contributed by atoms with Gasteiger partial charge in [0.25, 0.3) is 5.91 Å². The third kappa shape index (κ3) is 5.75. The highest BCUT2D eigenvalue weighted by atomic mass is 16.5. The summed E-state index contributed by atoms with van der Waals surface area (Å²) in [6, 6.07) is 7.70. The van der Waals surface area contributed by atoms with Crippen LogP contribution in [0.4, 0.5) is 4.79 Å². The van der Waals surface area contributed by atoms with Gasteiger partial charge in [-0.15, -0.1) is 0 Å². The minimum Gasteiger partial charge on any atom is -0.452 e. The molecule has 0 spiro atoms. The van der Waals surface area contributed by atoms with E-state index >= 15 is 0 Å². The number of esters is 1. The number of likely N-dealkylation sites (tertiary alicyclic amines) is 1. The number of nitrogens with one attached hydrogen (secondary N) is 1. The molecule has 1 aromatic carbocycles. The molecule has 2 rings (SSSR count). The van der Waals surface area contributed by atoms with Crippen molar-refractivity contribution in [2.45, 2.75) is 45.3 Å². The van der Waals surface area contributed by atoms with E-state index < -0.39 is 24.1 Å². The van der Waals surface area contributed by atoms with Gasteiger partial charge in [0.2, 0.25) is 0 Å². The molecule has 3 N–H and O–H groups in total. The zero-order valence-electron chi connectivity index (χ0n) is 15.3. The van der Waals surface area contributed by atoms with Gasteiger partial charge in [-0.3, -0.25) is 9.59 Å². The van der Waals surface area contributed by atoms with Gasteiger partial charge in [0.15, 0.2) is 6.10 Å². The van der Waals surface area contributed by atoms with E-state index in [1.54, 1.807) is 36.1 Å². The van der Waals surface area contributed by atoms with Gasteiger partial charge < -0.3 is 20.7 Å². The van der Waals surface area contributed by atoms with Gasteiger partial charge >= 0.3 is 12.0 Å². The summed E-state index contributed by atoms with van der Waals surface area (Å²) in [7, 11) is 0. The lowest BCUT2D eigenvalue weighted by Gasteiger charge is -2.32. The standard InChI is InChI=1S/C19H27N3O4/c1-13-8-10-22(11-9-13)18(24)14(2)26-17(23)12-16(21-19(20)25)15-6-4-3-5-7-15/h3-7,13-14,16H,8-12H2,1-2H3,(H3,20,21,25). The van der Waals surface area contributed by atoms with E-state index in [4.69, 9.17) is 10.5 Å². The molecule has 7 heteroatoms. The summed E-state index contributed by atoms with van der Waals surface area (Å²) in [4.78, 5) is 37.7. The molecule has 2 atom stereocenters. The summed E-state index contributed by atoms with van der Waals surface area (Å²) in [5, 5.41) is 2.54. The number of nitrogens with zero attached hydrogens (tertiary/aromatic N) is 1. The Morgan fingerprint density at radius 2 is 1.85 bits per heavy atom. The Bertz CT molecular complexity index is 627. The van der Waals surface area contributed by atoms with Gasteiger partial charge in [-0.2, -0.15) is 0 Å². The zero-order chi connectivity index (χ0) is 19.1. The molecule has 1 aliphatic rings. The van der Waals surface area contributed by atoms with Crippen LogP contribution in [0.5, 0.6) is 0 Å². The Hall–Kier alpha value is -2.57. The number of nitrogens with two attached hydrogens (primary N) is 1. The highest BCUT2D eigenvalue weighted by Gasteiger charge is 2.28. The average molecular weight is 361 g/mol. The molecule has 26 heavy (non-hydrogen) atoms. The van der Waals surface area contributed by atoms with Crippen LogP contribution in [0, 0.1) is 5.92 Å². The quantitative estimate of drug-likeness (QED) is 0.756. The van der Waals surface area contributed by atoms with Crippen molar-refractivity contribution in [3.8, 4) is 0 Å². The van der Waals surface area contributed by atoms with Crippen LogP contribution in [0.15, 0.2) is 30.3 Å². The van der Waals surface area contributed by atoms with Crippen LogP contribution in [-0.4, -0.2) is 42.0 Å². The van der Waals surface area contributed by atoms with Gasteiger partial charge in [0, 0.05) is 13.1 Å². The first-order valence-corrected chi connectivity index (χ1v) is 8.96. The number of benzene rings is 1. The second-order valence-electron chi connectivity index (χ2n) is 6.82. The first kappa shape index (κ1) is 19.8. The van der Waals surface area contributed by atoms with Crippen molar-refractivity contribution < 1.29 is 19.1 Å². The fraction of sp³-hybridized carbons (Fsp3) is 0.526. The molecular weight excluding hydrogens is 334 g/mol. The minimum absolute atomic E-state index is 0.0956. The highest BCUT2D eigenvalue weighted by Crippen LogP contribution is 2.19. The molecular formula is C19H27N3O4. The van der Waals surface area contributed by atoms with Crippen LogP contribution in [-0.2, 0) is 14.3 Å². The average Bonchev–Trinajstić information content (AvgIpc) is 2.61. The van der Waals surface area contributed by atoms with Gasteiger partial charge in [-0.25, -0.2) is 4.79 Å². The summed E-state index contributed by atoms with van der Waals surface area (Å²) in [6.45, 7) is 5.13.